The van der Waals surface area contributed by atoms with Gasteiger partial charge in [0, 0.05) is 57.0 Å². The summed E-state index contributed by atoms with van der Waals surface area (Å²) in [6, 6.07) is 20.6. The molecule has 0 unspecified atom stereocenters. The van der Waals surface area contributed by atoms with Gasteiger partial charge in [-0.15, -0.1) is 0 Å². The molecule has 140 valence electrons. The molecule has 2 fully saturated rings. The largest absolute Gasteiger partial charge is 0.379 e. The molecule has 4 nitrogen and oxygen atoms in total. The van der Waals surface area contributed by atoms with Crippen LogP contribution in [0.25, 0.3) is 10.9 Å². The second kappa shape index (κ2) is 7.47. The normalized spacial score (nSPS) is 19.4. The van der Waals surface area contributed by atoms with Gasteiger partial charge in [-0.25, -0.2) is 0 Å². The summed E-state index contributed by atoms with van der Waals surface area (Å²) >= 11 is 0. The molecule has 2 aromatic carbocycles. The Morgan fingerprint density at radius 2 is 1.67 bits per heavy atom. The summed E-state index contributed by atoms with van der Waals surface area (Å²) in [5.41, 5.74) is 4.09. The summed E-state index contributed by atoms with van der Waals surface area (Å²) in [5.74, 6) is 0. The lowest BCUT2D eigenvalue weighted by Gasteiger charge is -2.46. The van der Waals surface area contributed by atoms with Crippen LogP contribution in [0.15, 0.2) is 60.8 Å². The first kappa shape index (κ1) is 17.0. The molecule has 4 heteroatoms. The molecule has 27 heavy (non-hydrogen) atoms. The van der Waals surface area contributed by atoms with Gasteiger partial charge >= 0.3 is 0 Å². The molecular weight excluding hydrogens is 334 g/mol. The molecule has 0 spiro atoms. The lowest BCUT2D eigenvalue weighted by Crippen LogP contribution is -2.60. The molecule has 1 aromatic heterocycles. The molecule has 0 amide bonds. The fourth-order valence-electron chi connectivity index (χ4n) is 4.35. The minimum atomic E-state index is 0.722. The maximum Gasteiger partial charge on any atom is 0.0594 e. The van der Waals surface area contributed by atoms with Gasteiger partial charge in [0.05, 0.1) is 13.2 Å². The molecule has 0 aliphatic carbocycles. The number of aromatic nitrogens is 1. The molecule has 3 aromatic rings. The molecule has 2 aliphatic rings. The predicted octanol–water partition coefficient (Wildman–Crippen LogP) is 3.21. The van der Waals surface area contributed by atoms with Crippen LogP contribution in [0.2, 0.25) is 0 Å². The molecule has 0 atom stereocenters. The van der Waals surface area contributed by atoms with Crippen molar-refractivity contribution in [3.63, 3.8) is 0 Å². The van der Waals surface area contributed by atoms with E-state index in [4.69, 9.17) is 4.74 Å². The number of nitrogens with zero attached hydrogens (tertiary/aromatic N) is 3. The van der Waals surface area contributed by atoms with E-state index in [1.807, 2.05) is 0 Å². The summed E-state index contributed by atoms with van der Waals surface area (Å²) in [6.45, 7) is 8.32. The van der Waals surface area contributed by atoms with E-state index in [9.17, 15) is 0 Å². The van der Waals surface area contributed by atoms with Gasteiger partial charge in [-0.1, -0.05) is 42.5 Å². The third kappa shape index (κ3) is 3.65. The Morgan fingerprint density at radius 1 is 0.852 bits per heavy atom. The highest BCUT2D eigenvalue weighted by Crippen LogP contribution is 2.23. The smallest absolute Gasteiger partial charge is 0.0594 e. The maximum absolute atomic E-state index is 5.47. The van der Waals surface area contributed by atoms with E-state index in [0.717, 1.165) is 45.4 Å². The second-order valence-corrected chi connectivity index (χ2v) is 7.82. The monoisotopic (exact) mass is 361 g/mol. The van der Waals surface area contributed by atoms with Crippen molar-refractivity contribution in [2.24, 2.45) is 0 Å². The molecular formula is C23H27N3O. The number of rotatable bonds is 5. The molecule has 0 bridgehead atoms. The van der Waals surface area contributed by atoms with Crippen LogP contribution in [0.1, 0.15) is 11.1 Å². The highest BCUT2D eigenvalue weighted by atomic mass is 16.5. The van der Waals surface area contributed by atoms with Crippen LogP contribution >= 0.6 is 0 Å². The molecule has 0 N–H and O–H groups in total. The first-order valence-electron chi connectivity index (χ1n) is 10.0. The second-order valence-electron chi connectivity index (χ2n) is 7.82. The number of likely N-dealkylation sites (tertiary alicyclic amines) is 1. The number of morpholine rings is 1. The van der Waals surface area contributed by atoms with Crippen molar-refractivity contribution < 1.29 is 4.74 Å². The Morgan fingerprint density at radius 3 is 2.48 bits per heavy atom. The molecule has 0 saturated carbocycles. The lowest BCUT2D eigenvalue weighted by atomic mass is 10.0. The van der Waals surface area contributed by atoms with Crippen molar-refractivity contribution in [2.45, 2.75) is 19.1 Å². The predicted molar refractivity (Wildman–Crippen MR) is 109 cm³/mol. The zero-order valence-corrected chi connectivity index (χ0v) is 15.8. The van der Waals surface area contributed by atoms with Gasteiger partial charge in [0.1, 0.15) is 0 Å². The highest BCUT2D eigenvalue weighted by Gasteiger charge is 2.32. The maximum atomic E-state index is 5.47. The minimum absolute atomic E-state index is 0.722. The van der Waals surface area contributed by atoms with Crippen molar-refractivity contribution in [1.29, 1.82) is 0 Å². The van der Waals surface area contributed by atoms with Crippen LogP contribution in [0.3, 0.4) is 0 Å². The van der Waals surface area contributed by atoms with Gasteiger partial charge in [0.25, 0.3) is 0 Å². The molecule has 2 aliphatic heterocycles. The van der Waals surface area contributed by atoms with E-state index in [1.54, 1.807) is 0 Å². The summed E-state index contributed by atoms with van der Waals surface area (Å²) in [6.07, 6.45) is 2.21. The standard InChI is InChI=1S/C23H27N3O/c1-2-4-19(5-3-1)16-26-9-8-21-7-6-20(14-23(21)26)15-24-17-22(18-24)25-10-12-27-13-11-25/h1-9,14,22H,10-13,15-18H2. The summed E-state index contributed by atoms with van der Waals surface area (Å²) in [4.78, 5) is 5.15. The van der Waals surface area contributed by atoms with Gasteiger partial charge in [-0.05, 0) is 28.6 Å². The fraction of sp³-hybridized carbons (Fsp3) is 0.391. The fourth-order valence-corrected chi connectivity index (χ4v) is 4.35. The van der Waals surface area contributed by atoms with E-state index in [0.29, 0.717) is 0 Å². The zero-order chi connectivity index (χ0) is 18.1. The van der Waals surface area contributed by atoms with Crippen molar-refractivity contribution >= 4 is 10.9 Å². The van der Waals surface area contributed by atoms with Crippen molar-refractivity contribution in [2.75, 3.05) is 39.4 Å². The Balaban J connectivity index is 1.25. The van der Waals surface area contributed by atoms with Gasteiger partial charge < -0.3 is 9.30 Å². The first-order valence-corrected chi connectivity index (χ1v) is 10.0. The van der Waals surface area contributed by atoms with Crippen LogP contribution in [-0.2, 0) is 17.8 Å². The first-order chi connectivity index (χ1) is 13.3. The zero-order valence-electron chi connectivity index (χ0n) is 15.8. The summed E-state index contributed by atoms with van der Waals surface area (Å²) in [5, 5.41) is 1.32. The molecule has 3 heterocycles. The third-order valence-corrected chi connectivity index (χ3v) is 5.94. The average Bonchev–Trinajstić information content (AvgIpc) is 3.08. The minimum Gasteiger partial charge on any atom is -0.379 e. The molecule has 2 saturated heterocycles. The van der Waals surface area contributed by atoms with Crippen LogP contribution in [0.5, 0.6) is 0 Å². The Hall–Kier alpha value is -2.14. The van der Waals surface area contributed by atoms with E-state index in [-0.39, 0.29) is 0 Å². The van der Waals surface area contributed by atoms with Gasteiger partial charge in [0.2, 0.25) is 0 Å². The third-order valence-electron chi connectivity index (χ3n) is 5.94. The van der Waals surface area contributed by atoms with Crippen LogP contribution in [0.4, 0.5) is 0 Å². The highest BCUT2D eigenvalue weighted by molar-refractivity contribution is 5.81. The van der Waals surface area contributed by atoms with Gasteiger partial charge in [-0.3, -0.25) is 9.80 Å². The number of hydrogen-bond acceptors (Lipinski definition) is 3. The van der Waals surface area contributed by atoms with Crippen LogP contribution in [-0.4, -0.2) is 59.8 Å². The Bertz CT molecular complexity index is 892. The van der Waals surface area contributed by atoms with E-state index < -0.39 is 0 Å². The summed E-state index contributed by atoms with van der Waals surface area (Å²) in [7, 11) is 0. The van der Waals surface area contributed by atoms with Crippen LogP contribution in [0, 0.1) is 0 Å². The number of hydrogen-bond donors (Lipinski definition) is 0. The van der Waals surface area contributed by atoms with Gasteiger partial charge in [-0.2, -0.15) is 0 Å². The van der Waals surface area contributed by atoms with E-state index in [2.05, 4.69) is 75.2 Å². The summed E-state index contributed by atoms with van der Waals surface area (Å²) < 4.78 is 7.83. The van der Waals surface area contributed by atoms with Crippen molar-refractivity contribution in [1.82, 2.24) is 14.4 Å². The van der Waals surface area contributed by atoms with Crippen molar-refractivity contribution in [3.05, 3.63) is 71.9 Å². The van der Waals surface area contributed by atoms with Crippen molar-refractivity contribution in [3.8, 4) is 0 Å². The number of fused-ring (bicyclic) bond motifs is 1. The van der Waals surface area contributed by atoms with E-state index in [1.165, 1.54) is 35.1 Å². The van der Waals surface area contributed by atoms with Gasteiger partial charge in [0.15, 0.2) is 0 Å². The average molecular weight is 361 g/mol. The topological polar surface area (TPSA) is 20.6 Å². The SMILES string of the molecule is c1ccc(Cn2ccc3ccc(CN4CC(N5CCOCC5)C4)cc32)cc1. The molecule has 5 rings (SSSR count). The van der Waals surface area contributed by atoms with Crippen LogP contribution < -0.4 is 0 Å². The Labute approximate surface area is 160 Å². The number of benzene rings is 2. The lowest BCUT2D eigenvalue weighted by molar-refractivity contribution is -0.0344. The quantitative estimate of drug-likeness (QED) is 0.696. The van der Waals surface area contributed by atoms with E-state index >= 15 is 0 Å². The number of ether oxygens (including phenoxy) is 1. The molecule has 0 radical (unpaired) electrons. The Kier molecular flexibility index (Phi) is 4.70.